The second kappa shape index (κ2) is 9.84. The predicted octanol–water partition coefficient (Wildman–Crippen LogP) is 6.82. The number of ether oxygens (including phenoxy) is 1. The molecular formula is C30H30O4. The standard InChI is InChI=1S/C30H30O4/c1-2-3-4-5-11-23-17-26-24-12-8-13-25(24)30(32)34-29(26)18-28(23)33-19-27(31)22-15-14-20-9-6-7-10-21(20)16-22/h6-7,9-10,14-18H,2-5,8,11-13,19H2,1H3. The Morgan fingerprint density at radius 3 is 2.62 bits per heavy atom. The molecule has 174 valence electrons. The van der Waals surface area contributed by atoms with Crippen molar-refractivity contribution < 1.29 is 13.9 Å². The molecule has 0 bridgehead atoms. The summed E-state index contributed by atoms with van der Waals surface area (Å²) in [5.74, 6) is 0.567. The van der Waals surface area contributed by atoms with Gasteiger partial charge in [-0.2, -0.15) is 0 Å². The van der Waals surface area contributed by atoms with Gasteiger partial charge in [0.25, 0.3) is 0 Å². The van der Waals surface area contributed by atoms with Crippen molar-refractivity contribution in [2.75, 3.05) is 6.61 Å². The Balaban J connectivity index is 1.43. The summed E-state index contributed by atoms with van der Waals surface area (Å²) < 4.78 is 11.7. The van der Waals surface area contributed by atoms with Gasteiger partial charge in [0.15, 0.2) is 12.4 Å². The van der Waals surface area contributed by atoms with Crippen LogP contribution < -0.4 is 10.4 Å². The second-order valence-electron chi connectivity index (χ2n) is 9.24. The zero-order valence-electron chi connectivity index (χ0n) is 19.7. The van der Waals surface area contributed by atoms with Crippen LogP contribution in [0.3, 0.4) is 0 Å². The number of carbonyl (C=O) groups is 1. The SMILES string of the molecule is CCCCCCc1cc2c3c(c(=O)oc2cc1OCC(=O)c1ccc2ccccc2c1)CCC3. The first kappa shape index (κ1) is 22.4. The molecule has 4 aromatic rings. The Kier molecular flexibility index (Phi) is 6.48. The Morgan fingerprint density at radius 1 is 0.941 bits per heavy atom. The monoisotopic (exact) mass is 454 g/mol. The van der Waals surface area contributed by atoms with Crippen LogP contribution in [-0.4, -0.2) is 12.4 Å². The maximum Gasteiger partial charge on any atom is 0.339 e. The molecule has 1 aromatic heterocycles. The van der Waals surface area contributed by atoms with E-state index in [0.717, 1.165) is 71.4 Å². The van der Waals surface area contributed by atoms with Crippen LogP contribution in [0.15, 0.2) is 63.8 Å². The highest BCUT2D eigenvalue weighted by molar-refractivity contribution is 6.01. The van der Waals surface area contributed by atoms with Crippen molar-refractivity contribution in [2.24, 2.45) is 0 Å². The number of fused-ring (bicyclic) bond motifs is 4. The minimum atomic E-state index is -0.242. The van der Waals surface area contributed by atoms with Crippen molar-refractivity contribution in [3.05, 3.63) is 87.3 Å². The van der Waals surface area contributed by atoms with Gasteiger partial charge in [0, 0.05) is 22.6 Å². The van der Waals surface area contributed by atoms with E-state index in [0.29, 0.717) is 16.9 Å². The first-order valence-corrected chi connectivity index (χ1v) is 12.4. The van der Waals surface area contributed by atoms with Crippen LogP contribution in [0.25, 0.3) is 21.7 Å². The molecule has 0 fully saturated rings. The molecule has 0 saturated heterocycles. The van der Waals surface area contributed by atoms with Crippen LogP contribution in [0.5, 0.6) is 5.75 Å². The molecule has 3 aromatic carbocycles. The number of benzene rings is 3. The third-order valence-corrected chi connectivity index (χ3v) is 6.88. The van der Waals surface area contributed by atoms with Gasteiger partial charge in [0.05, 0.1) is 0 Å². The van der Waals surface area contributed by atoms with Crippen molar-refractivity contribution in [1.29, 1.82) is 0 Å². The van der Waals surface area contributed by atoms with Gasteiger partial charge >= 0.3 is 5.63 Å². The summed E-state index contributed by atoms with van der Waals surface area (Å²) >= 11 is 0. The lowest BCUT2D eigenvalue weighted by molar-refractivity contribution is 0.0921. The summed E-state index contributed by atoms with van der Waals surface area (Å²) in [7, 11) is 0. The zero-order valence-corrected chi connectivity index (χ0v) is 19.7. The maximum atomic E-state index is 12.9. The molecule has 4 nitrogen and oxygen atoms in total. The van der Waals surface area contributed by atoms with Crippen LogP contribution in [0, 0.1) is 0 Å². The maximum absolute atomic E-state index is 12.9. The zero-order chi connectivity index (χ0) is 23.5. The number of aryl methyl sites for hydroxylation is 2. The average Bonchev–Trinajstić information content (AvgIpc) is 3.36. The lowest BCUT2D eigenvalue weighted by atomic mass is 9.99. The summed E-state index contributed by atoms with van der Waals surface area (Å²) in [4.78, 5) is 25.4. The van der Waals surface area contributed by atoms with E-state index in [9.17, 15) is 9.59 Å². The fourth-order valence-electron chi connectivity index (χ4n) is 5.02. The predicted molar refractivity (Wildman–Crippen MR) is 136 cm³/mol. The van der Waals surface area contributed by atoms with Crippen molar-refractivity contribution in [3.63, 3.8) is 0 Å². The van der Waals surface area contributed by atoms with Gasteiger partial charge in [-0.3, -0.25) is 4.79 Å². The van der Waals surface area contributed by atoms with Crippen molar-refractivity contribution in [3.8, 4) is 5.75 Å². The molecule has 1 aliphatic rings. The molecular weight excluding hydrogens is 424 g/mol. The molecule has 0 radical (unpaired) electrons. The molecule has 0 unspecified atom stereocenters. The van der Waals surface area contributed by atoms with Gasteiger partial charge in [0.1, 0.15) is 11.3 Å². The fourth-order valence-corrected chi connectivity index (χ4v) is 5.02. The first-order valence-electron chi connectivity index (χ1n) is 12.4. The topological polar surface area (TPSA) is 56.5 Å². The Morgan fingerprint density at radius 2 is 1.76 bits per heavy atom. The summed E-state index contributed by atoms with van der Waals surface area (Å²) in [6.45, 7) is 2.15. The van der Waals surface area contributed by atoms with Gasteiger partial charge < -0.3 is 9.15 Å². The summed E-state index contributed by atoms with van der Waals surface area (Å²) in [6.07, 6.45) is 8.17. The smallest absolute Gasteiger partial charge is 0.339 e. The first-order chi connectivity index (χ1) is 16.6. The number of rotatable bonds is 9. The molecule has 0 aliphatic heterocycles. The van der Waals surface area contributed by atoms with Gasteiger partial charge in [-0.05, 0) is 66.1 Å². The van der Waals surface area contributed by atoms with Gasteiger partial charge in [-0.25, -0.2) is 4.79 Å². The molecule has 0 saturated carbocycles. The molecule has 1 aliphatic carbocycles. The highest BCUT2D eigenvalue weighted by Gasteiger charge is 2.21. The molecule has 0 amide bonds. The molecule has 0 spiro atoms. The molecule has 4 heteroatoms. The number of ketones is 1. The summed E-state index contributed by atoms with van der Waals surface area (Å²) in [5.41, 5.74) is 3.97. The molecule has 0 N–H and O–H groups in total. The van der Waals surface area contributed by atoms with E-state index >= 15 is 0 Å². The Labute approximate surface area is 199 Å². The fraction of sp³-hybridized carbons (Fsp3) is 0.333. The number of hydrogen-bond acceptors (Lipinski definition) is 4. The summed E-state index contributed by atoms with van der Waals surface area (Å²) in [5, 5.41) is 3.16. The van der Waals surface area contributed by atoms with E-state index in [2.05, 4.69) is 13.0 Å². The van der Waals surface area contributed by atoms with E-state index in [1.165, 1.54) is 12.8 Å². The number of carbonyl (C=O) groups excluding carboxylic acids is 1. The lowest BCUT2D eigenvalue weighted by Gasteiger charge is -2.14. The number of Topliss-reactive ketones (excluding diaryl/α,β-unsaturated/α-hetero) is 1. The lowest BCUT2D eigenvalue weighted by Crippen LogP contribution is -2.13. The van der Waals surface area contributed by atoms with Crippen LogP contribution in [0.1, 0.15) is 66.1 Å². The normalized spacial score (nSPS) is 12.9. The Hall–Kier alpha value is -3.40. The molecule has 0 atom stereocenters. The average molecular weight is 455 g/mol. The molecule has 5 rings (SSSR count). The van der Waals surface area contributed by atoms with Gasteiger partial charge in [0.2, 0.25) is 0 Å². The van der Waals surface area contributed by atoms with E-state index in [-0.39, 0.29) is 18.0 Å². The third kappa shape index (κ3) is 4.50. The van der Waals surface area contributed by atoms with Crippen molar-refractivity contribution in [1.82, 2.24) is 0 Å². The minimum Gasteiger partial charge on any atom is -0.485 e. The minimum absolute atomic E-state index is 0.0546. The molecule has 34 heavy (non-hydrogen) atoms. The van der Waals surface area contributed by atoms with Crippen LogP contribution in [0.2, 0.25) is 0 Å². The van der Waals surface area contributed by atoms with Crippen molar-refractivity contribution >= 4 is 27.5 Å². The quantitative estimate of drug-likeness (QED) is 0.158. The van der Waals surface area contributed by atoms with Gasteiger partial charge in [-0.1, -0.05) is 62.6 Å². The highest BCUT2D eigenvalue weighted by Crippen LogP contribution is 2.33. The second-order valence-corrected chi connectivity index (χ2v) is 9.24. The highest BCUT2D eigenvalue weighted by atomic mass is 16.5. The third-order valence-electron chi connectivity index (χ3n) is 6.88. The largest absolute Gasteiger partial charge is 0.485 e. The van der Waals surface area contributed by atoms with E-state index in [4.69, 9.17) is 9.15 Å². The molecule has 1 heterocycles. The van der Waals surface area contributed by atoms with Crippen LogP contribution >= 0.6 is 0 Å². The van der Waals surface area contributed by atoms with Crippen molar-refractivity contribution in [2.45, 2.75) is 58.3 Å². The number of hydrogen-bond donors (Lipinski definition) is 0. The van der Waals surface area contributed by atoms with E-state index < -0.39 is 0 Å². The van der Waals surface area contributed by atoms with Crippen LogP contribution in [-0.2, 0) is 19.3 Å². The van der Waals surface area contributed by atoms with E-state index in [1.54, 1.807) is 0 Å². The Bertz CT molecular complexity index is 1410. The van der Waals surface area contributed by atoms with Crippen LogP contribution in [0.4, 0.5) is 0 Å². The summed E-state index contributed by atoms with van der Waals surface area (Å²) in [6, 6.07) is 17.7. The number of unbranched alkanes of at least 4 members (excludes halogenated alkanes) is 3. The van der Waals surface area contributed by atoms with Gasteiger partial charge in [-0.15, -0.1) is 0 Å². The van der Waals surface area contributed by atoms with E-state index in [1.807, 2.05) is 48.5 Å².